The molecule has 6 heteroatoms. The number of aliphatic hydroxyl groups is 4. The van der Waals surface area contributed by atoms with Crippen LogP contribution >= 0.6 is 0 Å². The molecule has 3 atom stereocenters. The highest BCUT2D eigenvalue weighted by Crippen LogP contribution is 2.00. The number of methoxy groups -OCH3 is 1. The van der Waals surface area contributed by atoms with Crippen molar-refractivity contribution in [3.63, 3.8) is 0 Å². The van der Waals surface area contributed by atoms with Gasteiger partial charge in [0, 0.05) is 7.11 Å². The van der Waals surface area contributed by atoms with Gasteiger partial charge in [0.15, 0.2) is 0 Å². The van der Waals surface area contributed by atoms with Crippen molar-refractivity contribution in [3.05, 3.63) is 0 Å². The van der Waals surface area contributed by atoms with Crippen LogP contribution in [0, 0.1) is 0 Å². The molecular formula is C7H16O6. The van der Waals surface area contributed by atoms with Gasteiger partial charge in [0.25, 0.3) is 0 Å². The minimum Gasteiger partial charge on any atom is -0.394 e. The predicted octanol–water partition coefficient (Wildman–Crippen LogP) is -2.32. The summed E-state index contributed by atoms with van der Waals surface area (Å²) in [4.78, 5) is 0. The first kappa shape index (κ1) is 12.8. The summed E-state index contributed by atoms with van der Waals surface area (Å²) in [6, 6.07) is 0. The average Bonchev–Trinajstić information content (AvgIpc) is 2.15. The van der Waals surface area contributed by atoms with Gasteiger partial charge in [-0.2, -0.15) is 0 Å². The second-order valence-corrected chi connectivity index (χ2v) is 2.59. The highest BCUT2D eigenvalue weighted by molar-refractivity contribution is 4.73. The normalized spacial score (nSPS) is 18.2. The molecule has 0 saturated heterocycles. The van der Waals surface area contributed by atoms with Gasteiger partial charge in [-0.15, -0.1) is 0 Å². The van der Waals surface area contributed by atoms with Crippen LogP contribution in [0.15, 0.2) is 0 Å². The van der Waals surface area contributed by atoms with E-state index in [9.17, 15) is 0 Å². The van der Waals surface area contributed by atoms with E-state index in [2.05, 4.69) is 4.74 Å². The third kappa shape index (κ3) is 5.14. The van der Waals surface area contributed by atoms with Crippen molar-refractivity contribution in [3.8, 4) is 0 Å². The van der Waals surface area contributed by atoms with E-state index in [-0.39, 0.29) is 13.4 Å². The van der Waals surface area contributed by atoms with Crippen molar-refractivity contribution in [1.29, 1.82) is 0 Å². The van der Waals surface area contributed by atoms with Gasteiger partial charge in [0.2, 0.25) is 0 Å². The Morgan fingerprint density at radius 2 is 1.77 bits per heavy atom. The Morgan fingerprint density at radius 3 is 2.23 bits per heavy atom. The summed E-state index contributed by atoms with van der Waals surface area (Å²) in [5.74, 6) is 0. The molecule has 0 fully saturated rings. The summed E-state index contributed by atoms with van der Waals surface area (Å²) in [7, 11) is 1.42. The number of hydrogen-bond acceptors (Lipinski definition) is 6. The first-order valence-corrected chi connectivity index (χ1v) is 3.85. The van der Waals surface area contributed by atoms with Crippen LogP contribution in [0.4, 0.5) is 0 Å². The summed E-state index contributed by atoms with van der Waals surface area (Å²) in [5.41, 5.74) is 0. The fourth-order valence-corrected chi connectivity index (χ4v) is 0.715. The highest BCUT2D eigenvalue weighted by atomic mass is 16.7. The lowest BCUT2D eigenvalue weighted by Gasteiger charge is -2.20. The van der Waals surface area contributed by atoms with Crippen molar-refractivity contribution in [2.45, 2.75) is 18.3 Å². The van der Waals surface area contributed by atoms with E-state index in [0.29, 0.717) is 0 Å². The molecule has 0 radical (unpaired) electrons. The van der Waals surface area contributed by atoms with Gasteiger partial charge in [-0.1, -0.05) is 0 Å². The minimum atomic E-state index is -1.41. The summed E-state index contributed by atoms with van der Waals surface area (Å²) >= 11 is 0. The van der Waals surface area contributed by atoms with E-state index in [1.54, 1.807) is 0 Å². The fraction of sp³-hybridized carbons (Fsp3) is 1.00. The van der Waals surface area contributed by atoms with Crippen molar-refractivity contribution in [2.75, 3.05) is 27.1 Å². The second kappa shape index (κ2) is 7.19. The number of rotatable bonds is 7. The lowest BCUT2D eigenvalue weighted by atomic mass is 10.1. The molecule has 0 aliphatic heterocycles. The topological polar surface area (TPSA) is 99.4 Å². The van der Waals surface area contributed by atoms with E-state index in [0.717, 1.165) is 0 Å². The van der Waals surface area contributed by atoms with Crippen LogP contribution in [0.1, 0.15) is 0 Å². The molecule has 1 unspecified atom stereocenters. The maximum absolute atomic E-state index is 9.14. The number of aliphatic hydroxyl groups excluding tert-OH is 4. The zero-order chi connectivity index (χ0) is 10.3. The Bertz CT molecular complexity index is 120. The smallest absolute Gasteiger partial charge is 0.146 e. The van der Waals surface area contributed by atoms with Crippen LogP contribution < -0.4 is 0 Å². The molecule has 0 aromatic carbocycles. The summed E-state index contributed by atoms with van der Waals surface area (Å²) in [6.45, 7) is -0.770. The zero-order valence-electron chi connectivity index (χ0n) is 7.46. The van der Waals surface area contributed by atoms with Crippen LogP contribution in [0.2, 0.25) is 0 Å². The Kier molecular flexibility index (Phi) is 7.06. The van der Waals surface area contributed by atoms with Crippen molar-refractivity contribution < 1.29 is 29.9 Å². The molecule has 0 amide bonds. The van der Waals surface area contributed by atoms with E-state index in [1.165, 1.54) is 7.11 Å². The molecule has 13 heavy (non-hydrogen) atoms. The van der Waals surface area contributed by atoms with Crippen molar-refractivity contribution in [1.82, 2.24) is 0 Å². The molecular weight excluding hydrogens is 180 g/mol. The molecule has 0 aliphatic carbocycles. The van der Waals surface area contributed by atoms with E-state index in [4.69, 9.17) is 25.2 Å². The third-order valence-electron chi connectivity index (χ3n) is 1.47. The molecule has 0 bridgehead atoms. The van der Waals surface area contributed by atoms with Gasteiger partial charge in [-0.3, -0.25) is 0 Å². The zero-order valence-corrected chi connectivity index (χ0v) is 7.46. The largest absolute Gasteiger partial charge is 0.394 e. The molecule has 4 N–H and O–H groups in total. The molecule has 0 rings (SSSR count). The van der Waals surface area contributed by atoms with Gasteiger partial charge in [-0.05, 0) is 0 Å². The Balaban J connectivity index is 3.62. The molecule has 0 saturated carbocycles. The van der Waals surface area contributed by atoms with Gasteiger partial charge in [0.05, 0.1) is 13.2 Å². The molecule has 0 aromatic heterocycles. The Hall–Kier alpha value is -0.240. The lowest BCUT2D eigenvalue weighted by molar-refractivity contribution is -0.121. The van der Waals surface area contributed by atoms with E-state index >= 15 is 0 Å². The van der Waals surface area contributed by atoms with Crippen LogP contribution in [0.5, 0.6) is 0 Å². The SMILES string of the molecule is COCOC[C@@H](O)[C@@H](O)C(O)CO. The van der Waals surface area contributed by atoms with Crippen LogP contribution in [0.25, 0.3) is 0 Å². The quantitative estimate of drug-likeness (QED) is 0.269. The fourth-order valence-electron chi connectivity index (χ4n) is 0.715. The van der Waals surface area contributed by atoms with Crippen molar-refractivity contribution in [2.24, 2.45) is 0 Å². The maximum atomic E-state index is 9.14. The van der Waals surface area contributed by atoms with E-state index in [1.807, 2.05) is 0 Å². The van der Waals surface area contributed by atoms with E-state index < -0.39 is 24.9 Å². The second-order valence-electron chi connectivity index (χ2n) is 2.59. The number of ether oxygens (including phenoxy) is 2. The maximum Gasteiger partial charge on any atom is 0.146 e. The Labute approximate surface area is 76.3 Å². The first-order valence-electron chi connectivity index (χ1n) is 3.85. The minimum absolute atomic E-state index is 0.000992. The lowest BCUT2D eigenvalue weighted by Crippen LogP contribution is -2.41. The highest BCUT2D eigenvalue weighted by Gasteiger charge is 2.23. The molecule has 0 heterocycles. The summed E-state index contributed by atoms with van der Waals surface area (Å²) in [5, 5.41) is 35.6. The van der Waals surface area contributed by atoms with Gasteiger partial charge >= 0.3 is 0 Å². The van der Waals surface area contributed by atoms with Gasteiger partial charge in [0.1, 0.15) is 25.1 Å². The van der Waals surface area contributed by atoms with Crippen molar-refractivity contribution >= 4 is 0 Å². The molecule has 0 aromatic rings. The standard InChI is InChI=1S/C7H16O6/c1-12-4-13-3-6(10)7(11)5(9)2-8/h5-11H,2-4H2,1H3/t5?,6-,7+/m1/s1. The summed E-state index contributed by atoms with van der Waals surface area (Å²) in [6.07, 6.45) is -4.01. The van der Waals surface area contributed by atoms with Crippen LogP contribution in [-0.4, -0.2) is 65.9 Å². The monoisotopic (exact) mass is 196 g/mol. The molecule has 0 aliphatic rings. The molecule has 0 spiro atoms. The van der Waals surface area contributed by atoms with Gasteiger partial charge in [-0.25, -0.2) is 0 Å². The van der Waals surface area contributed by atoms with Crippen LogP contribution in [0.3, 0.4) is 0 Å². The first-order chi connectivity index (χ1) is 6.13. The predicted molar refractivity (Wildman–Crippen MR) is 42.9 cm³/mol. The number of hydrogen-bond donors (Lipinski definition) is 4. The summed E-state index contributed by atoms with van der Waals surface area (Å²) < 4.78 is 9.27. The Morgan fingerprint density at radius 1 is 1.15 bits per heavy atom. The van der Waals surface area contributed by atoms with Crippen LogP contribution in [-0.2, 0) is 9.47 Å². The van der Waals surface area contributed by atoms with Gasteiger partial charge < -0.3 is 29.9 Å². The average molecular weight is 196 g/mol. The molecule has 6 nitrogen and oxygen atoms in total. The molecule has 80 valence electrons. The third-order valence-corrected chi connectivity index (χ3v) is 1.47.